The maximum atomic E-state index is 6.71. The number of hydrogen-bond acceptors (Lipinski definition) is 2. The minimum absolute atomic E-state index is 0.0245. The zero-order valence-corrected chi connectivity index (χ0v) is 23.0. The molecule has 2 heterocycles. The second kappa shape index (κ2) is 9.28. The van der Waals surface area contributed by atoms with E-state index in [1.807, 2.05) is 6.07 Å². The Morgan fingerprint density at radius 2 is 0.805 bits per heavy atom. The molecule has 194 valence electrons. The molecule has 0 atom stereocenters. The van der Waals surface area contributed by atoms with E-state index in [1.165, 1.54) is 22.3 Å². The van der Waals surface area contributed by atoms with E-state index in [0.29, 0.717) is 0 Å². The van der Waals surface area contributed by atoms with Crippen LogP contribution in [0.1, 0.15) is 11.1 Å². The summed E-state index contributed by atoms with van der Waals surface area (Å²) in [6.07, 6.45) is 0. The number of rotatable bonds is 3. The molecule has 2 nitrogen and oxygen atoms in total. The van der Waals surface area contributed by atoms with Gasteiger partial charge in [0.05, 0.1) is 0 Å². The molecule has 8 rings (SSSR count). The molecule has 0 radical (unpaired) electrons. The molecule has 3 heteroatoms. The average molecular weight is 526 g/mol. The normalized spacial score (nSPS) is 12.5. The molecule has 0 amide bonds. The van der Waals surface area contributed by atoms with Gasteiger partial charge in [0.15, 0.2) is 0 Å². The third-order valence-corrected chi connectivity index (χ3v) is 8.36. The van der Waals surface area contributed by atoms with Crippen LogP contribution in [-0.2, 0) is 0 Å². The average Bonchev–Trinajstić information content (AvgIpc) is 3.01. The van der Waals surface area contributed by atoms with Crippen LogP contribution < -0.4 is 25.9 Å². The fourth-order valence-electron chi connectivity index (χ4n) is 6.14. The van der Waals surface area contributed by atoms with Crippen molar-refractivity contribution in [1.82, 2.24) is 0 Å². The molecule has 6 aromatic carbocycles. The highest BCUT2D eigenvalue weighted by Crippen LogP contribution is 2.40. The Labute approximate surface area is 240 Å². The van der Waals surface area contributed by atoms with Gasteiger partial charge in [-0.3, -0.25) is 0 Å². The maximum absolute atomic E-state index is 6.71. The maximum Gasteiger partial charge on any atom is 0.260 e. The Morgan fingerprint density at radius 3 is 1.29 bits per heavy atom. The van der Waals surface area contributed by atoms with Crippen LogP contribution in [0.2, 0.25) is 0 Å². The molecule has 2 aliphatic rings. The Hall–Kier alpha value is -5.02. The van der Waals surface area contributed by atoms with Gasteiger partial charge in [-0.15, -0.1) is 0 Å². The van der Waals surface area contributed by atoms with Crippen molar-refractivity contribution in [3.63, 3.8) is 0 Å². The van der Waals surface area contributed by atoms with Crippen molar-refractivity contribution in [1.29, 1.82) is 0 Å². The van der Waals surface area contributed by atoms with Crippen molar-refractivity contribution >= 4 is 23.1 Å². The van der Waals surface area contributed by atoms with Crippen molar-refractivity contribution < 1.29 is 9.47 Å². The summed E-state index contributed by atoms with van der Waals surface area (Å²) in [5, 5.41) is 0. The predicted molar refractivity (Wildman–Crippen MR) is 170 cm³/mol. The third kappa shape index (κ3) is 4.05. The van der Waals surface area contributed by atoms with Crippen LogP contribution in [0.3, 0.4) is 0 Å². The van der Waals surface area contributed by atoms with Crippen LogP contribution in [0.5, 0.6) is 23.0 Å². The van der Waals surface area contributed by atoms with Gasteiger partial charge in [0.25, 0.3) is 6.71 Å². The molecule has 0 saturated heterocycles. The van der Waals surface area contributed by atoms with E-state index in [4.69, 9.17) is 9.47 Å². The van der Waals surface area contributed by atoms with Gasteiger partial charge in [0.2, 0.25) is 0 Å². The van der Waals surface area contributed by atoms with E-state index >= 15 is 0 Å². The first kappa shape index (κ1) is 23.8. The zero-order chi connectivity index (χ0) is 27.5. The first-order valence-corrected chi connectivity index (χ1v) is 14.1. The molecule has 0 fully saturated rings. The minimum Gasteiger partial charge on any atom is -0.458 e. The van der Waals surface area contributed by atoms with Gasteiger partial charge in [-0.1, -0.05) is 114 Å². The Balaban J connectivity index is 1.31. The summed E-state index contributed by atoms with van der Waals surface area (Å²) in [5.41, 5.74) is 12.8. The van der Waals surface area contributed by atoms with E-state index < -0.39 is 0 Å². The van der Waals surface area contributed by atoms with Crippen LogP contribution in [0.4, 0.5) is 0 Å². The Bertz CT molecular complexity index is 1820. The summed E-state index contributed by atoms with van der Waals surface area (Å²) in [6.45, 7) is 4.26. The topological polar surface area (TPSA) is 18.5 Å². The van der Waals surface area contributed by atoms with Gasteiger partial charge in [-0.05, 0) is 82.4 Å². The van der Waals surface area contributed by atoms with Crippen LogP contribution >= 0.6 is 0 Å². The highest BCUT2D eigenvalue weighted by atomic mass is 16.5. The lowest BCUT2D eigenvalue weighted by molar-refractivity contribution is 0.465. The summed E-state index contributed by atoms with van der Waals surface area (Å²) >= 11 is 0. The number of ether oxygens (including phenoxy) is 2. The fourth-order valence-corrected chi connectivity index (χ4v) is 6.14. The smallest absolute Gasteiger partial charge is 0.260 e. The summed E-state index contributed by atoms with van der Waals surface area (Å²) in [4.78, 5) is 0. The van der Waals surface area contributed by atoms with Gasteiger partial charge in [-0.25, -0.2) is 0 Å². The molecule has 0 bridgehead atoms. The van der Waals surface area contributed by atoms with Gasteiger partial charge < -0.3 is 9.47 Å². The number of aryl methyl sites for hydroxylation is 2. The molecule has 0 aromatic heterocycles. The summed E-state index contributed by atoms with van der Waals surface area (Å²) in [6, 6.07) is 45.4. The van der Waals surface area contributed by atoms with Crippen molar-refractivity contribution in [3.8, 4) is 56.4 Å². The molecule has 0 N–H and O–H groups in total. The van der Waals surface area contributed by atoms with Crippen LogP contribution in [0.15, 0.2) is 127 Å². The molecule has 0 aliphatic carbocycles. The lowest BCUT2D eigenvalue weighted by atomic mass is 9.34. The highest BCUT2D eigenvalue weighted by Gasteiger charge is 2.40. The predicted octanol–water partition coefficient (Wildman–Crippen LogP) is 8.03. The Morgan fingerprint density at radius 1 is 0.390 bits per heavy atom. The van der Waals surface area contributed by atoms with E-state index in [-0.39, 0.29) is 6.71 Å². The number of fused-ring (bicyclic) bond motifs is 4. The molecular weight excluding hydrogens is 499 g/mol. The monoisotopic (exact) mass is 526 g/mol. The van der Waals surface area contributed by atoms with Crippen LogP contribution in [-0.4, -0.2) is 6.71 Å². The summed E-state index contributed by atoms with van der Waals surface area (Å²) in [7, 11) is 0. The van der Waals surface area contributed by atoms with Gasteiger partial charge in [0, 0.05) is 5.46 Å². The third-order valence-electron chi connectivity index (χ3n) is 8.36. The SMILES string of the molecule is Cc1ccc(-c2ccc3c(c2)Oc2cc(-c4ccccc4)cc4c2B3c2ccc(-c3ccc(C)cc3)cc2O4)cc1. The summed E-state index contributed by atoms with van der Waals surface area (Å²) in [5.74, 6) is 3.50. The van der Waals surface area contributed by atoms with E-state index in [0.717, 1.165) is 61.6 Å². The van der Waals surface area contributed by atoms with Gasteiger partial charge in [0.1, 0.15) is 23.0 Å². The first-order chi connectivity index (χ1) is 20.1. The molecule has 2 aliphatic heterocycles. The minimum atomic E-state index is 0.0245. The molecule has 0 unspecified atom stereocenters. The molecular formula is C38H27BO2. The lowest BCUT2D eigenvalue weighted by Gasteiger charge is -2.34. The van der Waals surface area contributed by atoms with Crippen LogP contribution in [0.25, 0.3) is 33.4 Å². The van der Waals surface area contributed by atoms with Gasteiger partial charge >= 0.3 is 0 Å². The first-order valence-electron chi connectivity index (χ1n) is 14.1. The van der Waals surface area contributed by atoms with Gasteiger partial charge in [-0.2, -0.15) is 0 Å². The molecule has 41 heavy (non-hydrogen) atoms. The second-order valence-electron chi connectivity index (χ2n) is 11.1. The lowest BCUT2D eigenvalue weighted by Crippen LogP contribution is -2.57. The zero-order valence-electron chi connectivity index (χ0n) is 23.0. The van der Waals surface area contributed by atoms with Crippen molar-refractivity contribution in [2.75, 3.05) is 0 Å². The number of hydrogen-bond donors (Lipinski definition) is 0. The Kier molecular flexibility index (Phi) is 5.40. The molecule has 0 saturated carbocycles. The quantitative estimate of drug-likeness (QED) is 0.217. The largest absolute Gasteiger partial charge is 0.458 e. The fraction of sp³-hybridized carbons (Fsp3) is 0.0526. The summed E-state index contributed by atoms with van der Waals surface area (Å²) < 4.78 is 13.4. The van der Waals surface area contributed by atoms with Crippen LogP contribution in [0, 0.1) is 13.8 Å². The van der Waals surface area contributed by atoms with Crippen molar-refractivity contribution in [2.24, 2.45) is 0 Å². The van der Waals surface area contributed by atoms with Crippen molar-refractivity contribution in [3.05, 3.63) is 139 Å². The number of benzene rings is 6. The van der Waals surface area contributed by atoms with E-state index in [1.54, 1.807) is 0 Å². The standard InChI is InChI=1S/C38H27BO2/c1-24-8-12-27(13-9-24)29-16-18-32-34(20-29)40-36-22-31(26-6-4-3-5-7-26)23-37-38(36)39(32)33-19-17-30(21-35(33)41-37)28-14-10-25(2)11-15-28/h3-23H,1-2H3. The molecule has 6 aromatic rings. The molecule has 0 spiro atoms. The highest BCUT2D eigenvalue weighted by molar-refractivity contribution is 6.98. The van der Waals surface area contributed by atoms with E-state index in [2.05, 4.69) is 135 Å². The van der Waals surface area contributed by atoms with Crippen molar-refractivity contribution in [2.45, 2.75) is 13.8 Å². The second-order valence-corrected chi connectivity index (χ2v) is 11.1. The van der Waals surface area contributed by atoms with E-state index in [9.17, 15) is 0 Å².